The summed E-state index contributed by atoms with van der Waals surface area (Å²) in [7, 11) is -0.821. The molecule has 1 heterocycles. The lowest BCUT2D eigenvalue weighted by Crippen LogP contribution is -2.20. The van der Waals surface area contributed by atoms with Crippen molar-refractivity contribution < 1.29 is 9.32 Å². The largest absolute Gasteiger partial charge is 0.458 e. The number of nitrogens with one attached hydrogen (secondary N) is 1. The van der Waals surface area contributed by atoms with E-state index in [-0.39, 0.29) is 0 Å². The zero-order valence-electron chi connectivity index (χ0n) is 13.7. The summed E-state index contributed by atoms with van der Waals surface area (Å²) in [6.45, 7) is 4.25. The van der Waals surface area contributed by atoms with E-state index in [4.69, 9.17) is 4.52 Å². The summed E-state index contributed by atoms with van der Waals surface area (Å²) in [6, 6.07) is 18.6. The van der Waals surface area contributed by atoms with Crippen molar-refractivity contribution in [2.75, 3.05) is 0 Å². The molecule has 0 saturated carbocycles. The number of carbonyl (C=O) groups is 1. The highest BCUT2D eigenvalue weighted by Crippen LogP contribution is 2.39. The van der Waals surface area contributed by atoms with Crippen LogP contribution in [0.4, 0.5) is 0 Å². The number of hydrogen-bond acceptors (Lipinski definition) is 4. The molecule has 0 spiro atoms. The molecular weight excluding hydrogens is 337 g/mol. The predicted molar refractivity (Wildman–Crippen MR) is 103 cm³/mol. The van der Waals surface area contributed by atoms with Gasteiger partial charge >= 0.3 is 0 Å². The molecule has 3 nitrogen and oxygen atoms in total. The molecule has 0 amide bonds. The monoisotopic (exact) mass is 357 g/mol. The van der Waals surface area contributed by atoms with E-state index in [1.54, 1.807) is 0 Å². The van der Waals surface area contributed by atoms with Crippen LogP contribution in [0.3, 0.4) is 0 Å². The van der Waals surface area contributed by atoms with Crippen LogP contribution < -0.4 is 9.61 Å². The van der Waals surface area contributed by atoms with E-state index in [1.807, 2.05) is 36.4 Å². The van der Waals surface area contributed by atoms with Gasteiger partial charge in [0, 0.05) is 16.9 Å². The molecule has 0 aliphatic rings. The van der Waals surface area contributed by atoms with Gasteiger partial charge in [-0.2, -0.15) is 0 Å². The van der Waals surface area contributed by atoms with E-state index < -0.39 is 8.30 Å². The molecule has 1 N–H and O–H groups in total. The Morgan fingerprint density at radius 2 is 1.96 bits per heavy atom. The minimum atomic E-state index is -0.821. The van der Waals surface area contributed by atoms with Crippen molar-refractivity contribution in [3.8, 4) is 5.75 Å². The third kappa shape index (κ3) is 4.41. The topological polar surface area (TPSA) is 38.3 Å². The predicted octanol–water partition coefficient (Wildman–Crippen LogP) is 5.60. The second kappa shape index (κ2) is 7.89. The van der Waals surface area contributed by atoms with Crippen molar-refractivity contribution in [3.05, 3.63) is 65.0 Å². The average Bonchev–Trinajstić information content (AvgIpc) is 2.97. The second-order valence-electron chi connectivity index (χ2n) is 5.86. The first-order valence-corrected chi connectivity index (χ1v) is 10.1. The molecule has 2 aromatic carbocycles. The number of benzene rings is 2. The number of carbonyl (C=O) groups excluding carboxylic acids is 1. The number of aldehydes is 1. The molecule has 1 aromatic heterocycles. The van der Waals surface area contributed by atoms with Crippen LogP contribution in [-0.4, -0.2) is 12.3 Å². The molecule has 0 aliphatic heterocycles. The van der Waals surface area contributed by atoms with Gasteiger partial charge in [-0.3, -0.25) is 9.88 Å². The highest BCUT2D eigenvalue weighted by Gasteiger charge is 2.14. The van der Waals surface area contributed by atoms with E-state index in [9.17, 15) is 4.79 Å². The molecular formula is C19H20NO2PS. The Labute approximate surface area is 147 Å². The van der Waals surface area contributed by atoms with Crippen molar-refractivity contribution in [1.29, 1.82) is 0 Å². The first-order chi connectivity index (χ1) is 11.6. The highest BCUT2D eigenvalue weighted by molar-refractivity contribution is 7.50. The lowest BCUT2D eigenvalue weighted by Gasteiger charge is -2.22. The third-order valence-electron chi connectivity index (χ3n) is 3.40. The summed E-state index contributed by atoms with van der Waals surface area (Å²) in [5, 5.41) is 4.65. The van der Waals surface area contributed by atoms with E-state index in [2.05, 4.69) is 37.1 Å². The Morgan fingerprint density at radius 3 is 2.67 bits per heavy atom. The van der Waals surface area contributed by atoms with Gasteiger partial charge in [-0.05, 0) is 55.1 Å². The van der Waals surface area contributed by atoms with Crippen LogP contribution in [0, 0.1) is 0 Å². The van der Waals surface area contributed by atoms with E-state index in [0.29, 0.717) is 6.04 Å². The van der Waals surface area contributed by atoms with E-state index in [1.165, 1.54) is 16.9 Å². The maximum absolute atomic E-state index is 10.9. The molecule has 0 fully saturated rings. The molecule has 0 aliphatic carbocycles. The zero-order chi connectivity index (χ0) is 16.9. The number of hydrogen-bond donors (Lipinski definition) is 1. The summed E-state index contributed by atoms with van der Waals surface area (Å²) < 4.78 is 7.31. The van der Waals surface area contributed by atoms with Crippen molar-refractivity contribution >= 4 is 36.0 Å². The van der Waals surface area contributed by atoms with Gasteiger partial charge in [-0.1, -0.05) is 24.3 Å². The van der Waals surface area contributed by atoms with Crippen molar-refractivity contribution in [1.82, 2.24) is 5.09 Å². The smallest absolute Gasteiger partial charge is 0.165 e. The van der Waals surface area contributed by atoms with Crippen molar-refractivity contribution in [3.63, 3.8) is 0 Å². The quantitative estimate of drug-likeness (QED) is 0.442. The zero-order valence-corrected chi connectivity index (χ0v) is 15.4. The summed E-state index contributed by atoms with van der Waals surface area (Å²) in [4.78, 5) is 11.7. The van der Waals surface area contributed by atoms with Gasteiger partial charge < -0.3 is 4.52 Å². The fraction of sp³-hybridized carbons (Fsp3) is 0.211. The number of fused-ring (bicyclic) bond motifs is 1. The van der Waals surface area contributed by atoms with Gasteiger partial charge in [0.25, 0.3) is 0 Å². The Hall–Kier alpha value is -1.74. The Bertz CT molecular complexity index is 817. The molecule has 3 rings (SSSR count). The van der Waals surface area contributed by atoms with Gasteiger partial charge in [-0.15, -0.1) is 11.3 Å². The minimum Gasteiger partial charge on any atom is -0.458 e. The maximum Gasteiger partial charge on any atom is 0.165 e. The summed E-state index contributed by atoms with van der Waals surface area (Å²) in [5.74, 6) is 0.886. The van der Waals surface area contributed by atoms with Gasteiger partial charge in [0.1, 0.15) is 5.75 Å². The number of thiophene rings is 1. The first-order valence-electron chi connectivity index (χ1n) is 7.88. The molecule has 5 heteroatoms. The Kier molecular flexibility index (Phi) is 5.62. The molecule has 1 unspecified atom stereocenters. The standard InChI is InChI=1S/C19H20NO2PS/c1-14(2)20-23(22-17-6-4-3-5-7-17)13-15-8-9-19-16(10-15)11-18(12-21)24-19/h3-12,14,20H,13H2,1-2H3. The molecule has 0 bridgehead atoms. The van der Waals surface area contributed by atoms with Gasteiger partial charge in [0.2, 0.25) is 0 Å². The number of para-hydroxylation sites is 1. The third-order valence-corrected chi connectivity index (χ3v) is 6.33. The average molecular weight is 357 g/mol. The fourth-order valence-electron chi connectivity index (χ4n) is 2.44. The summed E-state index contributed by atoms with van der Waals surface area (Å²) in [5.41, 5.74) is 1.22. The van der Waals surface area contributed by atoms with Crippen LogP contribution in [-0.2, 0) is 6.16 Å². The Morgan fingerprint density at radius 1 is 1.17 bits per heavy atom. The highest BCUT2D eigenvalue weighted by atomic mass is 32.1. The van der Waals surface area contributed by atoms with Crippen LogP contribution in [0.15, 0.2) is 54.6 Å². The van der Waals surface area contributed by atoms with Crippen LogP contribution in [0.2, 0.25) is 0 Å². The second-order valence-corrected chi connectivity index (χ2v) is 8.49. The fourth-order valence-corrected chi connectivity index (χ4v) is 4.99. The molecule has 3 aromatic rings. The van der Waals surface area contributed by atoms with Gasteiger partial charge in [0.15, 0.2) is 14.6 Å². The van der Waals surface area contributed by atoms with Crippen molar-refractivity contribution in [2.24, 2.45) is 0 Å². The van der Waals surface area contributed by atoms with E-state index in [0.717, 1.165) is 33.2 Å². The van der Waals surface area contributed by atoms with Crippen LogP contribution in [0.5, 0.6) is 5.75 Å². The van der Waals surface area contributed by atoms with Gasteiger partial charge in [-0.25, -0.2) is 0 Å². The van der Waals surface area contributed by atoms with Gasteiger partial charge in [0.05, 0.1) is 4.88 Å². The lowest BCUT2D eigenvalue weighted by atomic mass is 10.2. The van der Waals surface area contributed by atoms with Crippen LogP contribution in [0.25, 0.3) is 10.1 Å². The molecule has 1 atom stereocenters. The normalized spacial score (nSPS) is 12.5. The van der Waals surface area contributed by atoms with Crippen molar-refractivity contribution in [2.45, 2.75) is 26.1 Å². The number of rotatable bonds is 7. The molecule has 24 heavy (non-hydrogen) atoms. The van der Waals surface area contributed by atoms with E-state index >= 15 is 0 Å². The SMILES string of the molecule is CC(C)NP(Cc1ccc2sc(C=O)cc2c1)Oc1ccccc1. The molecule has 0 radical (unpaired) electrons. The molecule has 0 saturated heterocycles. The lowest BCUT2D eigenvalue weighted by molar-refractivity contribution is 0.112. The van der Waals surface area contributed by atoms with Crippen LogP contribution >= 0.6 is 19.6 Å². The first kappa shape index (κ1) is 17.1. The Balaban J connectivity index is 1.79. The maximum atomic E-state index is 10.9. The summed E-state index contributed by atoms with van der Waals surface area (Å²) >= 11 is 1.53. The molecule has 124 valence electrons. The van der Waals surface area contributed by atoms with Crippen LogP contribution in [0.1, 0.15) is 29.1 Å². The summed E-state index contributed by atoms with van der Waals surface area (Å²) in [6.07, 6.45) is 1.74. The minimum absolute atomic E-state index is 0.353.